The molecule has 0 radical (unpaired) electrons. The third kappa shape index (κ3) is 3.23. The molecule has 0 aromatic heterocycles. The van der Waals surface area contributed by atoms with Gasteiger partial charge in [-0.05, 0) is 61.8 Å². The molecule has 2 aliphatic carbocycles. The third-order valence-corrected chi connectivity index (χ3v) is 4.60. The van der Waals surface area contributed by atoms with Crippen LogP contribution < -0.4 is 5.32 Å². The Morgan fingerprint density at radius 3 is 2.44 bits per heavy atom. The van der Waals surface area contributed by atoms with Crippen molar-refractivity contribution in [1.29, 1.82) is 0 Å². The molecule has 1 heteroatoms. The maximum Gasteiger partial charge on any atom is 0.00104 e. The molecule has 2 fully saturated rings. The van der Waals surface area contributed by atoms with E-state index in [1.165, 1.54) is 38.6 Å². The van der Waals surface area contributed by atoms with Crippen LogP contribution in [0.25, 0.3) is 0 Å². The minimum absolute atomic E-state index is 0.613. The second kappa shape index (κ2) is 4.68. The highest BCUT2D eigenvalue weighted by molar-refractivity contribution is 4.93. The van der Waals surface area contributed by atoms with Crippen molar-refractivity contribution in [2.75, 3.05) is 6.54 Å². The van der Waals surface area contributed by atoms with Crippen LogP contribution in [-0.2, 0) is 0 Å². The average molecular weight is 223 g/mol. The van der Waals surface area contributed by atoms with Crippen LogP contribution in [0, 0.1) is 23.2 Å². The van der Waals surface area contributed by atoms with Gasteiger partial charge in [0.25, 0.3) is 0 Å². The summed E-state index contributed by atoms with van der Waals surface area (Å²) in [4.78, 5) is 0. The van der Waals surface area contributed by atoms with Gasteiger partial charge in [-0.3, -0.25) is 0 Å². The SMILES string of the molecule is CC(C)NCC1CCC(C)(C)CC1C1CC1. The van der Waals surface area contributed by atoms with Gasteiger partial charge in [0.15, 0.2) is 0 Å². The maximum atomic E-state index is 3.66. The summed E-state index contributed by atoms with van der Waals surface area (Å²) in [6.07, 6.45) is 7.38. The second-order valence-electron chi connectivity index (χ2n) is 7.23. The minimum Gasteiger partial charge on any atom is -0.314 e. The van der Waals surface area contributed by atoms with Gasteiger partial charge in [-0.2, -0.15) is 0 Å². The molecule has 0 aromatic carbocycles. The predicted molar refractivity (Wildman–Crippen MR) is 70.5 cm³/mol. The Morgan fingerprint density at radius 1 is 1.19 bits per heavy atom. The van der Waals surface area contributed by atoms with Crippen LogP contribution in [-0.4, -0.2) is 12.6 Å². The van der Waals surface area contributed by atoms with E-state index in [9.17, 15) is 0 Å². The van der Waals surface area contributed by atoms with Gasteiger partial charge in [-0.25, -0.2) is 0 Å². The summed E-state index contributed by atoms with van der Waals surface area (Å²) in [5.74, 6) is 3.07. The smallest absolute Gasteiger partial charge is 0.00104 e. The molecular weight excluding hydrogens is 194 g/mol. The quantitative estimate of drug-likeness (QED) is 0.763. The molecular formula is C15H29N. The van der Waals surface area contributed by atoms with Crippen LogP contribution >= 0.6 is 0 Å². The molecule has 2 saturated carbocycles. The molecule has 0 spiro atoms. The van der Waals surface area contributed by atoms with Crippen LogP contribution in [0.2, 0.25) is 0 Å². The van der Waals surface area contributed by atoms with Gasteiger partial charge < -0.3 is 5.32 Å². The summed E-state index contributed by atoms with van der Waals surface area (Å²) < 4.78 is 0. The monoisotopic (exact) mass is 223 g/mol. The molecule has 2 aliphatic rings. The van der Waals surface area contributed by atoms with Gasteiger partial charge in [0.1, 0.15) is 0 Å². The molecule has 0 amide bonds. The van der Waals surface area contributed by atoms with Crippen LogP contribution in [0.15, 0.2) is 0 Å². The van der Waals surface area contributed by atoms with Crippen molar-refractivity contribution in [3.63, 3.8) is 0 Å². The Balaban J connectivity index is 1.90. The zero-order valence-electron chi connectivity index (χ0n) is 11.6. The molecule has 16 heavy (non-hydrogen) atoms. The fourth-order valence-corrected chi connectivity index (χ4v) is 3.41. The molecule has 2 rings (SSSR count). The van der Waals surface area contributed by atoms with Gasteiger partial charge in [0, 0.05) is 6.04 Å². The number of rotatable bonds is 4. The standard InChI is InChI=1S/C15H29N/c1-11(2)16-10-13-7-8-15(3,4)9-14(13)12-5-6-12/h11-14,16H,5-10H2,1-4H3. The van der Waals surface area contributed by atoms with Gasteiger partial charge in [-0.1, -0.05) is 27.7 Å². The Morgan fingerprint density at radius 2 is 1.88 bits per heavy atom. The Kier molecular flexibility index (Phi) is 3.63. The highest BCUT2D eigenvalue weighted by atomic mass is 14.9. The third-order valence-electron chi connectivity index (χ3n) is 4.60. The Hall–Kier alpha value is -0.0400. The van der Waals surface area contributed by atoms with Gasteiger partial charge in [-0.15, -0.1) is 0 Å². The number of hydrogen-bond donors (Lipinski definition) is 1. The second-order valence-corrected chi connectivity index (χ2v) is 7.23. The van der Waals surface area contributed by atoms with E-state index in [-0.39, 0.29) is 0 Å². The van der Waals surface area contributed by atoms with Crippen molar-refractivity contribution >= 4 is 0 Å². The summed E-state index contributed by atoms with van der Waals surface area (Å²) in [5, 5.41) is 3.66. The van der Waals surface area contributed by atoms with Crippen molar-refractivity contribution in [2.45, 2.75) is 65.8 Å². The number of hydrogen-bond acceptors (Lipinski definition) is 1. The van der Waals surface area contributed by atoms with Crippen LogP contribution in [0.5, 0.6) is 0 Å². The summed E-state index contributed by atoms with van der Waals surface area (Å²) in [6.45, 7) is 10.7. The fraction of sp³-hybridized carbons (Fsp3) is 1.00. The van der Waals surface area contributed by atoms with E-state index in [0.29, 0.717) is 11.5 Å². The van der Waals surface area contributed by atoms with E-state index in [1.54, 1.807) is 0 Å². The molecule has 0 saturated heterocycles. The molecule has 0 aliphatic heterocycles. The Bertz CT molecular complexity index is 226. The van der Waals surface area contributed by atoms with Gasteiger partial charge in [0.2, 0.25) is 0 Å². The summed E-state index contributed by atoms with van der Waals surface area (Å²) in [6, 6.07) is 0.648. The topological polar surface area (TPSA) is 12.0 Å². The Labute approximate surface area is 101 Å². The van der Waals surface area contributed by atoms with Crippen LogP contribution in [0.1, 0.15) is 59.8 Å². The molecule has 1 nitrogen and oxygen atoms in total. The van der Waals surface area contributed by atoms with Crippen molar-refractivity contribution in [2.24, 2.45) is 23.2 Å². The molecule has 0 bridgehead atoms. The van der Waals surface area contributed by atoms with Crippen molar-refractivity contribution in [1.82, 2.24) is 5.32 Å². The van der Waals surface area contributed by atoms with Gasteiger partial charge in [0.05, 0.1) is 0 Å². The van der Waals surface area contributed by atoms with E-state index in [0.717, 1.165) is 17.8 Å². The van der Waals surface area contributed by atoms with Crippen molar-refractivity contribution < 1.29 is 0 Å². The molecule has 0 heterocycles. The molecule has 0 aromatic rings. The predicted octanol–water partition coefficient (Wildman–Crippen LogP) is 3.84. The van der Waals surface area contributed by atoms with E-state index in [1.807, 2.05) is 0 Å². The molecule has 2 unspecified atom stereocenters. The first-order valence-electron chi connectivity index (χ1n) is 7.21. The molecule has 2 atom stereocenters. The lowest BCUT2D eigenvalue weighted by atomic mass is 9.65. The lowest BCUT2D eigenvalue weighted by molar-refractivity contribution is 0.0998. The van der Waals surface area contributed by atoms with Crippen LogP contribution in [0.4, 0.5) is 0 Å². The van der Waals surface area contributed by atoms with E-state index in [4.69, 9.17) is 0 Å². The summed E-state index contributed by atoms with van der Waals surface area (Å²) in [7, 11) is 0. The van der Waals surface area contributed by atoms with Crippen LogP contribution in [0.3, 0.4) is 0 Å². The first-order chi connectivity index (χ1) is 7.48. The highest BCUT2D eigenvalue weighted by Crippen LogP contribution is 2.51. The van der Waals surface area contributed by atoms with E-state index >= 15 is 0 Å². The average Bonchev–Trinajstić information content (AvgIpc) is 2.97. The van der Waals surface area contributed by atoms with Crippen molar-refractivity contribution in [3.8, 4) is 0 Å². The lowest BCUT2D eigenvalue weighted by Crippen LogP contribution is -2.38. The normalized spacial score (nSPS) is 34.3. The first kappa shape index (κ1) is 12.4. The van der Waals surface area contributed by atoms with Gasteiger partial charge >= 0.3 is 0 Å². The maximum absolute atomic E-state index is 3.66. The number of nitrogens with one attached hydrogen (secondary N) is 1. The molecule has 1 N–H and O–H groups in total. The van der Waals surface area contributed by atoms with E-state index in [2.05, 4.69) is 33.0 Å². The molecule has 94 valence electrons. The zero-order valence-corrected chi connectivity index (χ0v) is 11.6. The highest BCUT2D eigenvalue weighted by Gasteiger charge is 2.42. The zero-order chi connectivity index (χ0) is 11.8. The van der Waals surface area contributed by atoms with Crippen molar-refractivity contribution in [3.05, 3.63) is 0 Å². The van der Waals surface area contributed by atoms with E-state index < -0.39 is 0 Å². The summed E-state index contributed by atoms with van der Waals surface area (Å²) >= 11 is 0. The summed E-state index contributed by atoms with van der Waals surface area (Å²) in [5.41, 5.74) is 0.613. The lowest BCUT2D eigenvalue weighted by Gasteiger charge is -2.41. The largest absolute Gasteiger partial charge is 0.314 e. The first-order valence-corrected chi connectivity index (χ1v) is 7.21. The minimum atomic E-state index is 0.613. The fourth-order valence-electron chi connectivity index (χ4n) is 3.41.